The molecule has 0 spiro atoms. The van der Waals surface area contributed by atoms with Crippen LogP contribution in [0.5, 0.6) is 0 Å². The normalized spacial score (nSPS) is 17.9. The van der Waals surface area contributed by atoms with Crippen LogP contribution in [-0.4, -0.2) is 16.1 Å². The molecule has 1 heterocycles. The summed E-state index contributed by atoms with van der Waals surface area (Å²) >= 11 is 0. The van der Waals surface area contributed by atoms with Crippen molar-refractivity contribution in [1.29, 1.82) is 0 Å². The van der Waals surface area contributed by atoms with Crippen molar-refractivity contribution in [2.75, 3.05) is 0 Å². The molecule has 0 aromatic carbocycles. The zero-order valence-electron chi connectivity index (χ0n) is 12.5. The van der Waals surface area contributed by atoms with Crippen LogP contribution >= 0.6 is 0 Å². The van der Waals surface area contributed by atoms with Crippen molar-refractivity contribution in [2.24, 2.45) is 5.41 Å². The molecule has 3 nitrogen and oxygen atoms in total. The molecule has 0 bridgehead atoms. The average Bonchev–Trinajstić information content (AvgIpc) is 2.24. The molecule has 2 rings (SSSR count). The molecule has 1 N–H and O–H groups in total. The van der Waals surface area contributed by atoms with E-state index in [0.717, 1.165) is 30.5 Å². The molecule has 0 saturated carbocycles. The molecule has 0 radical (unpaired) electrons. The van der Waals surface area contributed by atoms with Gasteiger partial charge in [-0.1, -0.05) is 34.6 Å². The number of fused-ring (bicyclic) bond motifs is 1. The Morgan fingerprint density at radius 1 is 1.37 bits per heavy atom. The van der Waals surface area contributed by atoms with Gasteiger partial charge in [-0.15, -0.1) is 0 Å². The van der Waals surface area contributed by atoms with E-state index in [1.165, 1.54) is 0 Å². The van der Waals surface area contributed by atoms with Crippen LogP contribution in [0.15, 0.2) is 6.07 Å². The van der Waals surface area contributed by atoms with Gasteiger partial charge in [0.25, 0.3) is 0 Å². The predicted octanol–water partition coefficient (Wildman–Crippen LogP) is 3.59. The average molecular weight is 261 g/mol. The summed E-state index contributed by atoms with van der Waals surface area (Å²) in [6.07, 6.45) is 2.98. The Labute approximate surface area is 115 Å². The number of aromatic carboxylic acids is 1. The minimum Gasteiger partial charge on any atom is -0.478 e. The number of carboxylic acids is 1. The zero-order chi connectivity index (χ0) is 14.4. The van der Waals surface area contributed by atoms with E-state index in [1.807, 2.05) is 26.8 Å². The number of carboxylic acid groups (broad SMARTS) is 1. The summed E-state index contributed by atoms with van der Waals surface area (Å²) in [7, 11) is 0. The molecule has 0 saturated heterocycles. The van der Waals surface area contributed by atoms with Crippen molar-refractivity contribution in [3.8, 4) is 0 Å². The third kappa shape index (κ3) is 2.80. The van der Waals surface area contributed by atoms with Crippen molar-refractivity contribution in [3.63, 3.8) is 0 Å². The molecule has 0 fully saturated rings. The molecule has 19 heavy (non-hydrogen) atoms. The molecular formula is C16H23NO2. The molecular weight excluding hydrogens is 238 g/mol. The van der Waals surface area contributed by atoms with Crippen LogP contribution in [0.1, 0.15) is 68.3 Å². The first-order chi connectivity index (χ1) is 8.60. The summed E-state index contributed by atoms with van der Waals surface area (Å²) in [6, 6.07) is 1.85. The first-order valence-corrected chi connectivity index (χ1v) is 6.87. The Kier molecular flexibility index (Phi) is 3.20. The lowest BCUT2D eigenvalue weighted by Crippen LogP contribution is -2.27. The largest absolute Gasteiger partial charge is 0.478 e. The molecule has 1 aromatic rings. The highest BCUT2D eigenvalue weighted by Gasteiger charge is 2.30. The molecule has 1 aliphatic rings. The first-order valence-electron chi connectivity index (χ1n) is 6.87. The lowest BCUT2D eigenvalue weighted by molar-refractivity contribution is 0.0693. The lowest BCUT2D eigenvalue weighted by Gasteiger charge is -2.32. The number of hydrogen-bond acceptors (Lipinski definition) is 2. The topological polar surface area (TPSA) is 50.2 Å². The molecule has 1 aromatic heterocycles. The summed E-state index contributed by atoms with van der Waals surface area (Å²) in [6.45, 7) is 10.5. The van der Waals surface area contributed by atoms with Crippen molar-refractivity contribution < 1.29 is 9.90 Å². The molecule has 0 atom stereocenters. The van der Waals surface area contributed by atoms with Gasteiger partial charge in [0.05, 0.1) is 11.3 Å². The first kappa shape index (κ1) is 14.0. The van der Waals surface area contributed by atoms with E-state index in [4.69, 9.17) is 4.98 Å². The van der Waals surface area contributed by atoms with Crippen LogP contribution in [-0.2, 0) is 18.3 Å². The Morgan fingerprint density at radius 3 is 2.53 bits per heavy atom. The summed E-state index contributed by atoms with van der Waals surface area (Å²) in [5.41, 5.74) is 3.28. The van der Waals surface area contributed by atoms with Crippen LogP contribution in [0, 0.1) is 5.41 Å². The van der Waals surface area contributed by atoms with E-state index in [1.54, 1.807) is 0 Å². The van der Waals surface area contributed by atoms with Crippen molar-refractivity contribution in [1.82, 2.24) is 4.98 Å². The highest BCUT2D eigenvalue weighted by molar-refractivity contribution is 5.89. The van der Waals surface area contributed by atoms with Crippen molar-refractivity contribution in [2.45, 2.75) is 59.3 Å². The van der Waals surface area contributed by atoms with Crippen LogP contribution in [0.3, 0.4) is 0 Å². The molecule has 1 aliphatic carbocycles. The Balaban J connectivity index is 2.58. The second-order valence-corrected chi connectivity index (χ2v) is 7.39. The van der Waals surface area contributed by atoms with E-state index < -0.39 is 5.97 Å². The Morgan fingerprint density at radius 2 is 2.00 bits per heavy atom. The third-order valence-corrected chi connectivity index (χ3v) is 3.84. The second kappa shape index (κ2) is 4.32. The monoisotopic (exact) mass is 261 g/mol. The number of pyridine rings is 1. The quantitative estimate of drug-likeness (QED) is 0.840. The SMILES string of the molecule is CC1(C)CCc2nc(C(C)(C)C)c(C(=O)O)cc2C1. The van der Waals surface area contributed by atoms with Gasteiger partial charge in [0.15, 0.2) is 0 Å². The van der Waals surface area contributed by atoms with Gasteiger partial charge in [-0.05, 0) is 36.3 Å². The minimum atomic E-state index is -0.872. The van der Waals surface area contributed by atoms with Gasteiger partial charge in [0.2, 0.25) is 0 Å². The lowest BCUT2D eigenvalue weighted by atomic mass is 9.75. The molecule has 0 aliphatic heterocycles. The third-order valence-electron chi connectivity index (χ3n) is 3.84. The maximum Gasteiger partial charge on any atom is 0.337 e. The van der Waals surface area contributed by atoms with Gasteiger partial charge in [-0.25, -0.2) is 4.79 Å². The number of hydrogen-bond donors (Lipinski definition) is 1. The minimum absolute atomic E-state index is 0.240. The Hall–Kier alpha value is -1.38. The van der Waals surface area contributed by atoms with Crippen LogP contribution < -0.4 is 0 Å². The van der Waals surface area contributed by atoms with E-state index in [-0.39, 0.29) is 10.8 Å². The van der Waals surface area contributed by atoms with Gasteiger partial charge in [0, 0.05) is 11.1 Å². The van der Waals surface area contributed by atoms with Crippen LogP contribution in [0.25, 0.3) is 0 Å². The number of aromatic nitrogens is 1. The molecule has 3 heteroatoms. The van der Waals surface area contributed by atoms with Crippen LogP contribution in [0.4, 0.5) is 0 Å². The number of rotatable bonds is 1. The van der Waals surface area contributed by atoms with Gasteiger partial charge < -0.3 is 5.11 Å². The van der Waals surface area contributed by atoms with E-state index in [9.17, 15) is 9.90 Å². The second-order valence-electron chi connectivity index (χ2n) is 7.39. The van der Waals surface area contributed by atoms with Gasteiger partial charge in [-0.3, -0.25) is 4.98 Å². The van der Waals surface area contributed by atoms with Gasteiger partial charge in [-0.2, -0.15) is 0 Å². The van der Waals surface area contributed by atoms with Gasteiger partial charge >= 0.3 is 5.97 Å². The number of nitrogens with zero attached hydrogens (tertiary/aromatic N) is 1. The zero-order valence-corrected chi connectivity index (χ0v) is 12.5. The Bertz CT molecular complexity index is 524. The summed E-state index contributed by atoms with van der Waals surface area (Å²) in [5.74, 6) is -0.872. The fraction of sp³-hybridized carbons (Fsp3) is 0.625. The number of carbonyl (C=O) groups is 1. The maximum absolute atomic E-state index is 11.5. The van der Waals surface area contributed by atoms with E-state index >= 15 is 0 Å². The predicted molar refractivity (Wildman–Crippen MR) is 75.7 cm³/mol. The van der Waals surface area contributed by atoms with Crippen molar-refractivity contribution in [3.05, 3.63) is 28.6 Å². The van der Waals surface area contributed by atoms with Crippen molar-refractivity contribution >= 4 is 5.97 Å². The van der Waals surface area contributed by atoms with E-state index in [0.29, 0.717) is 11.3 Å². The van der Waals surface area contributed by atoms with E-state index in [2.05, 4.69) is 13.8 Å². The highest BCUT2D eigenvalue weighted by atomic mass is 16.4. The molecule has 0 amide bonds. The summed E-state index contributed by atoms with van der Waals surface area (Å²) in [4.78, 5) is 16.2. The molecule has 104 valence electrons. The fourth-order valence-electron chi connectivity index (χ4n) is 2.76. The molecule has 0 unspecified atom stereocenters. The maximum atomic E-state index is 11.5. The highest BCUT2D eigenvalue weighted by Crippen LogP contribution is 2.36. The number of aryl methyl sites for hydroxylation is 1. The smallest absolute Gasteiger partial charge is 0.337 e. The summed E-state index contributed by atoms with van der Waals surface area (Å²) in [5, 5.41) is 9.42. The fourth-order valence-corrected chi connectivity index (χ4v) is 2.76. The summed E-state index contributed by atoms with van der Waals surface area (Å²) < 4.78 is 0. The standard InChI is InChI=1S/C16H23NO2/c1-15(2,3)13-11(14(18)19)8-10-9-16(4,5)7-6-12(10)17-13/h8H,6-7,9H2,1-5H3,(H,18,19). The van der Waals surface area contributed by atoms with Gasteiger partial charge in [0.1, 0.15) is 0 Å². The van der Waals surface area contributed by atoms with Crippen LogP contribution in [0.2, 0.25) is 0 Å².